The summed E-state index contributed by atoms with van der Waals surface area (Å²) in [6.07, 6.45) is 0.455. The van der Waals surface area contributed by atoms with Gasteiger partial charge in [0, 0.05) is 21.6 Å². The van der Waals surface area contributed by atoms with Gasteiger partial charge in [0.15, 0.2) is 0 Å². The Morgan fingerprint density at radius 1 is 1.45 bits per heavy atom. The number of nitrogens with zero attached hydrogens (tertiary/aromatic N) is 2. The van der Waals surface area contributed by atoms with Crippen molar-refractivity contribution in [2.24, 2.45) is 5.92 Å². The van der Waals surface area contributed by atoms with Crippen molar-refractivity contribution in [1.29, 1.82) is 0 Å². The maximum absolute atomic E-state index is 11.1. The third-order valence-corrected chi connectivity index (χ3v) is 4.57. The Morgan fingerprint density at radius 3 is 2.73 bits per heavy atom. The highest BCUT2D eigenvalue weighted by molar-refractivity contribution is 9.10. The average Bonchev–Trinajstić information content (AvgIpc) is 2.68. The molecule has 0 radical (unpaired) electrons. The van der Waals surface area contributed by atoms with Crippen LogP contribution in [0.25, 0.3) is 0 Å². The zero-order chi connectivity index (χ0) is 16.4. The lowest BCUT2D eigenvalue weighted by molar-refractivity contribution is -0.141. The van der Waals surface area contributed by atoms with Crippen LogP contribution in [-0.4, -0.2) is 20.6 Å². The number of imidazole rings is 1. The number of hydrogen-bond acceptors (Lipinski definition) is 2. The number of carboxylic acids is 1. The Hall–Kier alpha value is -1.33. The Balaban J connectivity index is 2.36. The molecule has 0 amide bonds. The van der Waals surface area contributed by atoms with Gasteiger partial charge in [0.1, 0.15) is 5.82 Å². The number of aryl methyl sites for hydroxylation is 2. The normalized spacial score (nSPS) is 12.4. The van der Waals surface area contributed by atoms with Gasteiger partial charge in [0.2, 0.25) is 0 Å². The van der Waals surface area contributed by atoms with E-state index < -0.39 is 11.9 Å². The van der Waals surface area contributed by atoms with Gasteiger partial charge in [-0.15, -0.1) is 0 Å². The SMILES string of the molecule is Cc1nc(C)n(Cc2ccc(Br)cc2Cl)c1CC(C)C(=O)O. The highest BCUT2D eigenvalue weighted by atomic mass is 79.9. The predicted octanol–water partition coefficient (Wildman–Crippen LogP) is 4.23. The molecule has 2 rings (SSSR count). The van der Waals surface area contributed by atoms with Gasteiger partial charge in [0.25, 0.3) is 0 Å². The number of halogens is 2. The van der Waals surface area contributed by atoms with E-state index in [1.165, 1.54) is 0 Å². The first-order valence-corrected chi connectivity index (χ1v) is 8.16. The lowest BCUT2D eigenvalue weighted by Gasteiger charge is -2.14. The fourth-order valence-corrected chi connectivity index (χ4v) is 3.16. The van der Waals surface area contributed by atoms with Crippen molar-refractivity contribution < 1.29 is 9.90 Å². The smallest absolute Gasteiger partial charge is 0.306 e. The van der Waals surface area contributed by atoms with Crippen LogP contribution in [0.5, 0.6) is 0 Å². The second kappa shape index (κ2) is 6.84. The number of aliphatic carboxylic acids is 1. The Kier molecular flexibility index (Phi) is 5.29. The van der Waals surface area contributed by atoms with E-state index in [0.717, 1.165) is 27.2 Å². The molecule has 1 aromatic heterocycles. The summed E-state index contributed by atoms with van der Waals surface area (Å²) in [5, 5.41) is 9.82. The molecule has 0 saturated carbocycles. The maximum atomic E-state index is 11.1. The molecule has 2 aromatic rings. The molecule has 0 bridgehead atoms. The molecule has 0 fully saturated rings. The molecule has 1 N–H and O–H groups in total. The zero-order valence-corrected chi connectivity index (χ0v) is 15.1. The number of carbonyl (C=O) groups is 1. The van der Waals surface area contributed by atoms with Gasteiger partial charge in [-0.25, -0.2) is 4.98 Å². The molecule has 0 aliphatic carbocycles. The second-order valence-electron chi connectivity index (χ2n) is 5.46. The van der Waals surface area contributed by atoms with Crippen molar-refractivity contribution in [3.8, 4) is 0 Å². The third-order valence-electron chi connectivity index (χ3n) is 3.73. The minimum atomic E-state index is -0.800. The van der Waals surface area contributed by atoms with Gasteiger partial charge in [-0.2, -0.15) is 0 Å². The number of hydrogen-bond donors (Lipinski definition) is 1. The Morgan fingerprint density at radius 2 is 2.14 bits per heavy atom. The lowest BCUT2D eigenvalue weighted by atomic mass is 10.0. The van der Waals surface area contributed by atoms with E-state index in [4.69, 9.17) is 16.7 Å². The summed E-state index contributed by atoms with van der Waals surface area (Å²) < 4.78 is 2.98. The first-order chi connectivity index (χ1) is 10.3. The molecule has 1 aromatic carbocycles. The van der Waals surface area contributed by atoms with E-state index >= 15 is 0 Å². The molecule has 118 valence electrons. The van der Waals surface area contributed by atoms with Gasteiger partial charge < -0.3 is 9.67 Å². The van der Waals surface area contributed by atoms with Crippen molar-refractivity contribution in [3.05, 3.63) is 50.5 Å². The van der Waals surface area contributed by atoms with Crippen LogP contribution in [0.15, 0.2) is 22.7 Å². The zero-order valence-electron chi connectivity index (χ0n) is 12.7. The number of rotatable bonds is 5. The summed E-state index contributed by atoms with van der Waals surface area (Å²) >= 11 is 9.68. The van der Waals surface area contributed by atoms with Crippen molar-refractivity contribution >= 4 is 33.5 Å². The summed E-state index contributed by atoms with van der Waals surface area (Å²) in [5.74, 6) is -0.385. The van der Waals surface area contributed by atoms with E-state index in [2.05, 4.69) is 20.9 Å². The average molecular weight is 386 g/mol. The Bertz CT molecular complexity index is 712. The number of benzene rings is 1. The minimum absolute atomic E-state index is 0.450. The standard InChI is InChI=1S/C16H18BrClN2O2/c1-9(16(21)22)6-15-10(2)19-11(3)20(15)8-12-4-5-13(17)7-14(12)18/h4-5,7,9H,6,8H2,1-3H3,(H,21,22). The molecule has 1 atom stereocenters. The quantitative estimate of drug-likeness (QED) is 0.838. The molecule has 0 aliphatic heterocycles. The van der Waals surface area contributed by atoms with Crippen LogP contribution in [0.2, 0.25) is 5.02 Å². The fourth-order valence-electron chi connectivity index (χ4n) is 2.42. The third kappa shape index (κ3) is 3.70. The second-order valence-corrected chi connectivity index (χ2v) is 6.78. The summed E-state index contributed by atoms with van der Waals surface area (Å²) in [6.45, 7) is 6.13. The summed E-state index contributed by atoms with van der Waals surface area (Å²) in [6, 6.07) is 5.76. The van der Waals surface area contributed by atoms with Crippen LogP contribution < -0.4 is 0 Å². The topological polar surface area (TPSA) is 55.1 Å². The van der Waals surface area contributed by atoms with Crippen LogP contribution in [-0.2, 0) is 17.8 Å². The van der Waals surface area contributed by atoms with Crippen LogP contribution in [0.4, 0.5) is 0 Å². The van der Waals surface area contributed by atoms with Crippen molar-refractivity contribution in [1.82, 2.24) is 9.55 Å². The van der Waals surface area contributed by atoms with Crippen LogP contribution in [0.1, 0.15) is 29.7 Å². The van der Waals surface area contributed by atoms with Crippen molar-refractivity contribution in [3.63, 3.8) is 0 Å². The van der Waals surface area contributed by atoms with Crippen LogP contribution in [0.3, 0.4) is 0 Å². The molecule has 1 heterocycles. The van der Waals surface area contributed by atoms with Gasteiger partial charge >= 0.3 is 5.97 Å². The van der Waals surface area contributed by atoms with Gasteiger partial charge in [-0.1, -0.05) is 40.5 Å². The van der Waals surface area contributed by atoms with E-state index in [1.54, 1.807) is 6.92 Å². The largest absolute Gasteiger partial charge is 0.481 e. The predicted molar refractivity (Wildman–Crippen MR) is 90.5 cm³/mol. The number of aromatic nitrogens is 2. The van der Waals surface area contributed by atoms with Crippen LogP contribution in [0, 0.1) is 19.8 Å². The highest BCUT2D eigenvalue weighted by Crippen LogP contribution is 2.24. The highest BCUT2D eigenvalue weighted by Gasteiger charge is 2.19. The molecule has 1 unspecified atom stereocenters. The van der Waals surface area contributed by atoms with Crippen LogP contribution >= 0.6 is 27.5 Å². The molecular formula is C16H18BrClN2O2. The van der Waals surface area contributed by atoms with Gasteiger partial charge in [-0.3, -0.25) is 4.79 Å². The molecule has 4 nitrogen and oxygen atoms in total. The van der Waals surface area contributed by atoms with Gasteiger partial charge in [-0.05, 0) is 31.5 Å². The monoisotopic (exact) mass is 384 g/mol. The van der Waals surface area contributed by atoms with E-state index in [-0.39, 0.29) is 0 Å². The molecule has 6 heteroatoms. The molecular weight excluding hydrogens is 368 g/mol. The first kappa shape index (κ1) is 17.0. The van der Waals surface area contributed by atoms with E-state index in [1.807, 2.05) is 36.6 Å². The van der Waals surface area contributed by atoms with Crippen molar-refractivity contribution in [2.75, 3.05) is 0 Å². The molecule has 22 heavy (non-hydrogen) atoms. The number of carboxylic acid groups (broad SMARTS) is 1. The summed E-state index contributed by atoms with van der Waals surface area (Å²) in [5.41, 5.74) is 2.81. The van der Waals surface area contributed by atoms with Crippen molar-refractivity contribution in [2.45, 2.75) is 33.7 Å². The molecule has 0 saturated heterocycles. The summed E-state index contributed by atoms with van der Waals surface area (Å²) in [4.78, 5) is 15.6. The lowest BCUT2D eigenvalue weighted by Crippen LogP contribution is -2.16. The van der Waals surface area contributed by atoms with E-state index in [0.29, 0.717) is 18.0 Å². The first-order valence-electron chi connectivity index (χ1n) is 6.99. The summed E-state index contributed by atoms with van der Waals surface area (Å²) in [7, 11) is 0. The molecule has 0 aliphatic rings. The van der Waals surface area contributed by atoms with Gasteiger partial charge in [0.05, 0.1) is 18.2 Å². The molecule has 0 spiro atoms. The maximum Gasteiger partial charge on any atom is 0.306 e. The fraction of sp³-hybridized carbons (Fsp3) is 0.375. The van der Waals surface area contributed by atoms with E-state index in [9.17, 15) is 4.79 Å². The minimum Gasteiger partial charge on any atom is -0.481 e. The Labute approximate surface area is 143 Å².